The highest BCUT2D eigenvalue weighted by atomic mass is 16.6. The molecule has 3 aromatic rings. The number of allylic oxidation sites excluding steroid dienone is 1. The van der Waals surface area contributed by atoms with Crippen molar-refractivity contribution in [2.24, 2.45) is 11.8 Å². The van der Waals surface area contributed by atoms with E-state index in [0.717, 1.165) is 72.6 Å². The molecule has 0 saturated carbocycles. The molecule has 7 heteroatoms. The highest BCUT2D eigenvalue weighted by Crippen LogP contribution is 2.36. The lowest BCUT2D eigenvalue weighted by Gasteiger charge is -2.25. The summed E-state index contributed by atoms with van der Waals surface area (Å²) in [6.07, 6.45) is 2.19. The van der Waals surface area contributed by atoms with E-state index in [1.165, 1.54) is 0 Å². The molecule has 45 heavy (non-hydrogen) atoms. The van der Waals surface area contributed by atoms with Gasteiger partial charge in [-0.2, -0.15) is 0 Å². The average molecular weight is 615 g/mol. The number of hydrogen-bond acceptors (Lipinski definition) is 6. The lowest BCUT2D eigenvalue weighted by Crippen LogP contribution is -2.36. The van der Waals surface area contributed by atoms with Crippen LogP contribution in [0, 0.1) is 11.8 Å². The van der Waals surface area contributed by atoms with E-state index in [-0.39, 0.29) is 18.4 Å². The molecule has 2 atom stereocenters. The number of hydrogen-bond donors (Lipinski definition) is 2. The predicted molar refractivity (Wildman–Crippen MR) is 181 cm³/mol. The topological polar surface area (TPSA) is 82.5 Å². The van der Waals surface area contributed by atoms with Crippen LogP contribution in [-0.2, 0) is 4.74 Å². The molecule has 1 amide bonds. The summed E-state index contributed by atoms with van der Waals surface area (Å²) in [5.41, 5.74) is 4.89. The lowest BCUT2D eigenvalue weighted by atomic mass is 9.87. The van der Waals surface area contributed by atoms with Crippen LogP contribution in [0.25, 0.3) is 11.1 Å². The van der Waals surface area contributed by atoms with Gasteiger partial charge in [0.1, 0.15) is 23.7 Å². The van der Waals surface area contributed by atoms with E-state index in [0.29, 0.717) is 24.9 Å². The van der Waals surface area contributed by atoms with E-state index in [4.69, 9.17) is 9.47 Å². The maximum absolute atomic E-state index is 12.6. The van der Waals surface area contributed by atoms with Crippen LogP contribution in [0.4, 0.5) is 4.79 Å². The summed E-state index contributed by atoms with van der Waals surface area (Å²) in [5.74, 6) is 1.89. The summed E-state index contributed by atoms with van der Waals surface area (Å²) in [6, 6.07) is 25.7. The standard InChI is InChI=1S/C38H50N2O5/c1-6-28-26-40(37(43)45-38(2,3)4)27-32(28)25-39(5)22-24-44-34-20-16-31(17-21-34)36(30-14-18-33(42)19-15-30)35(13-10-23-41)29-11-8-7-9-12-29/h7-9,11-12,14-21,28,32,41-42H,6,10,13,22-27H2,1-5H3/b36-35-/t28-,32+/m0/s1. The van der Waals surface area contributed by atoms with E-state index in [1.54, 1.807) is 12.1 Å². The molecule has 1 aliphatic heterocycles. The molecule has 0 unspecified atom stereocenters. The van der Waals surface area contributed by atoms with Crippen molar-refractivity contribution < 1.29 is 24.5 Å². The third-order valence-electron chi connectivity index (χ3n) is 8.35. The molecule has 1 saturated heterocycles. The van der Waals surface area contributed by atoms with Crippen molar-refractivity contribution in [1.29, 1.82) is 0 Å². The first-order valence-electron chi connectivity index (χ1n) is 16.2. The fourth-order valence-electron chi connectivity index (χ4n) is 6.06. The Morgan fingerprint density at radius 2 is 1.53 bits per heavy atom. The van der Waals surface area contributed by atoms with Gasteiger partial charge in [-0.15, -0.1) is 0 Å². The predicted octanol–water partition coefficient (Wildman–Crippen LogP) is 7.33. The van der Waals surface area contributed by atoms with Crippen LogP contribution in [0.1, 0.15) is 63.6 Å². The number of carbonyl (C=O) groups excluding carboxylic acids is 1. The number of carbonyl (C=O) groups is 1. The van der Waals surface area contributed by atoms with E-state index in [1.807, 2.05) is 68.1 Å². The largest absolute Gasteiger partial charge is 0.508 e. The van der Waals surface area contributed by atoms with Crippen LogP contribution >= 0.6 is 0 Å². The Balaban J connectivity index is 1.42. The monoisotopic (exact) mass is 614 g/mol. The number of ether oxygens (including phenoxy) is 2. The number of aliphatic hydroxyl groups excluding tert-OH is 1. The molecular weight excluding hydrogens is 564 g/mol. The van der Waals surface area contributed by atoms with Crippen LogP contribution in [0.2, 0.25) is 0 Å². The maximum atomic E-state index is 12.6. The van der Waals surface area contributed by atoms with Gasteiger partial charge in [0, 0.05) is 32.8 Å². The van der Waals surface area contributed by atoms with Crippen LogP contribution < -0.4 is 4.74 Å². The van der Waals surface area contributed by atoms with Crippen LogP contribution in [0.15, 0.2) is 78.9 Å². The Morgan fingerprint density at radius 1 is 0.911 bits per heavy atom. The Kier molecular flexibility index (Phi) is 12.1. The summed E-state index contributed by atoms with van der Waals surface area (Å²) in [4.78, 5) is 16.8. The lowest BCUT2D eigenvalue weighted by molar-refractivity contribution is 0.0282. The van der Waals surface area contributed by atoms with Gasteiger partial charge in [-0.05, 0) is 105 Å². The molecule has 1 heterocycles. The fraction of sp³-hybridized carbons (Fsp3) is 0.447. The molecule has 242 valence electrons. The minimum Gasteiger partial charge on any atom is -0.508 e. The first-order valence-corrected chi connectivity index (χ1v) is 16.2. The number of rotatable bonds is 13. The number of aromatic hydroxyl groups is 1. The van der Waals surface area contributed by atoms with E-state index in [9.17, 15) is 15.0 Å². The van der Waals surface area contributed by atoms with Crippen LogP contribution in [0.3, 0.4) is 0 Å². The summed E-state index contributed by atoms with van der Waals surface area (Å²) in [7, 11) is 2.11. The zero-order valence-electron chi connectivity index (χ0n) is 27.5. The number of benzene rings is 3. The second-order valence-corrected chi connectivity index (χ2v) is 13.0. The number of nitrogens with zero attached hydrogens (tertiary/aromatic N) is 2. The molecule has 7 nitrogen and oxygen atoms in total. The summed E-state index contributed by atoms with van der Waals surface area (Å²) >= 11 is 0. The van der Waals surface area contributed by atoms with Gasteiger partial charge in [-0.25, -0.2) is 4.79 Å². The third kappa shape index (κ3) is 9.84. The Labute approximate surface area is 269 Å². The first-order chi connectivity index (χ1) is 21.6. The van der Waals surface area contributed by atoms with Crippen molar-refractivity contribution in [2.45, 2.75) is 52.6 Å². The van der Waals surface area contributed by atoms with Crippen molar-refractivity contribution in [3.05, 3.63) is 95.6 Å². The molecule has 1 aliphatic rings. The van der Waals surface area contributed by atoms with E-state index < -0.39 is 5.60 Å². The first kappa shape index (κ1) is 34.1. The number of likely N-dealkylation sites (N-methyl/N-ethyl adjacent to an activating group) is 1. The molecule has 3 aromatic carbocycles. The van der Waals surface area contributed by atoms with Gasteiger partial charge < -0.3 is 29.5 Å². The quantitative estimate of drug-likeness (QED) is 0.196. The van der Waals surface area contributed by atoms with Gasteiger partial charge in [-0.3, -0.25) is 0 Å². The van der Waals surface area contributed by atoms with Crippen molar-refractivity contribution in [3.63, 3.8) is 0 Å². The van der Waals surface area contributed by atoms with Gasteiger partial charge in [0.15, 0.2) is 0 Å². The number of phenols is 1. The summed E-state index contributed by atoms with van der Waals surface area (Å²) in [5, 5.41) is 19.6. The van der Waals surface area contributed by atoms with Gasteiger partial charge in [0.05, 0.1) is 0 Å². The molecule has 4 rings (SSSR count). The van der Waals surface area contributed by atoms with Crippen molar-refractivity contribution >= 4 is 17.2 Å². The summed E-state index contributed by atoms with van der Waals surface area (Å²) in [6.45, 7) is 11.7. The fourth-order valence-corrected chi connectivity index (χ4v) is 6.06. The Morgan fingerprint density at radius 3 is 2.13 bits per heavy atom. The minimum atomic E-state index is -0.489. The summed E-state index contributed by atoms with van der Waals surface area (Å²) < 4.78 is 11.8. The molecule has 0 radical (unpaired) electrons. The molecule has 1 fully saturated rings. The minimum absolute atomic E-state index is 0.113. The Bertz CT molecular complexity index is 1380. The van der Waals surface area contributed by atoms with Gasteiger partial charge in [0.2, 0.25) is 0 Å². The number of amides is 1. The van der Waals surface area contributed by atoms with E-state index in [2.05, 4.69) is 43.1 Å². The number of likely N-dealkylation sites (tertiary alicyclic amines) is 1. The van der Waals surface area contributed by atoms with Gasteiger partial charge in [-0.1, -0.05) is 67.9 Å². The van der Waals surface area contributed by atoms with Crippen molar-refractivity contribution in [1.82, 2.24) is 9.80 Å². The number of phenolic OH excluding ortho intramolecular Hbond substituents is 1. The van der Waals surface area contributed by atoms with Gasteiger partial charge >= 0.3 is 6.09 Å². The second-order valence-electron chi connectivity index (χ2n) is 13.0. The van der Waals surface area contributed by atoms with Crippen molar-refractivity contribution in [3.8, 4) is 11.5 Å². The molecule has 0 aliphatic carbocycles. The van der Waals surface area contributed by atoms with Crippen LogP contribution in [0.5, 0.6) is 11.5 Å². The normalized spacial score (nSPS) is 17.4. The molecule has 0 spiro atoms. The molecule has 0 aromatic heterocycles. The Hall–Kier alpha value is -3.81. The van der Waals surface area contributed by atoms with Gasteiger partial charge in [0.25, 0.3) is 0 Å². The van der Waals surface area contributed by atoms with Crippen molar-refractivity contribution in [2.75, 3.05) is 46.4 Å². The van der Waals surface area contributed by atoms with E-state index >= 15 is 0 Å². The smallest absolute Gasteiger partial charge is 0.410 e. The SMILES string of the molecule is CC[C@H]1CN(C(=O)OC(C)(C)C)C[C@H]1CN(C)CCOc1ccc(/C(=C(/CCCO)c2ccccc2)c2ccc(O)cc2)cc1. The maximum Gasteiger partial charge on any atom is 0.410 e. The number of aliphatic hydroxyl groups is 1. The average Bonchev–Trinajstić information content (AvgIpc) is 3.43. The molecule has 0 bridgehead atoms. The highest BCUT2D eigenvalue weighted by molar-refractivity contribution is 5.98. The second kappa shape index (κ2) is 16.0. The third-order valence-corrected chi connectivity index (χ3v) is 8.35. The molecule has 2 N–H and O–H groups in total. The zero-order chi connectivity index (χ0) is 32.4. The highest BCUT2D eigenvalue weighted by Gasteiger charge is 2.36. The van der Waals surface area contributed by atoms with Crippen LogP contribution in [-0.4, -0.2) is 78.1 Å². The molecular formula is C38H50N2O5. The zero-order valence-corrected chi connectivity index (χ0v) is 27.5.